The average molecular weight is 277 g/mol. The van der Waals surface area contributed by atoms with Crippen LogP contribution in [0.3, 0.4) is 0 Å². The Kier molecular flexibility index (Phi) is 2.99. The van der Waals surface area contributed by atoms with Gasteiger partial charge in [-0.05, 0) is 19.1 Å². The van der Waals surface area contributed by atoms with Crippen molar-refractivity contribution < 1.29 is 23.8 Å². The highest BCUT2D eigenvalue weighted by atomic mass is 16.7. The molecule has 0 atom stereocenters. The van der Waals surface area contributed by atoms with Gasteiger partial charge in [0.15, 0.2) is 0 Å². The van der Waals surface area contributed by atoms with Gasteiger partial charge in [0.25, 0.3) is 11.7 Å². The number of carbonyl (C=O) groups excluding carboxylic acids is 2. The Morgan fingerprint density at radius 2 is 2.10 bits per heavy atom. The van der Waals surface area contributed by atoms with Crippen LogP contribution in [-0.4, -0.2) is 38.7 Å². The quantitative estimate of drug-likeness (QED) is 0.745. The third-order valence-electron chi connectivity index (χ3n) is 3.53. The Balaban J connectivity index is 2.08. The second-order valence-electron chi connectivity index (χ2n) is 4.80. The number of rotatable bonds is 2. The molecule has 3 rings (SSSR count). The van der Waals surface area contributed by atoms with Gasteiger partial charge in [0.05, 0.1) is 26.0 Å². The molecule has 106 valence electrons. The first-order valence-electron chi connectivity index (χ1n) is 6.36. The van der Waals surface area contributed by atoms with E-state index in [0.717, 1.165) is 5.56 Å². The zero-order chi connectivity index (χ0) is 14.3. The van der Waals surface area contributed by atoms with Crippen molar-refractivity contribution in [2.45, 2.75) is 12.7 Å². The molecule has 0 aliphatic carbocycles. The number of nitrogens with zero attached hydrogens (tertiary/aromatic N) is 1. The summed E-state index contributed by atoms with van der Waals surface area (Å²) in [4.78, 5) is 25.5. The lowest BCUT2D eigenvalue weighted by molar-refractivity contribution is -0.181. The summed E-state index contributed by atoms with van der Waals surface area (Å²) in [6.45, 7) is 2.48. The van der Waals surface area contributed by atoms with Gasteiger partial charge in [-0.3, -0.25) is 14.5 Å². The number of methoxy groups -OCH3 is 1. The van der Waals surface area contributed by atoms with Gasteiger partial charge < -0.3 is 14.2 Å². The standard InChI is InChI=1S/C14H15NO5/c1-9-3-4-11-10(7-9)14(19-5-6-20-14)13(17)15(11)8-12(16)18-2/h3-4,7H,5-6,8H2,1-2H3. The molecule has 1 spiro atoms. The van der Waals surface area contributed by atoms with Crippen molar-refractivity contribution in [2.75, 3.05) is 31.8 Å². The number of esters is 1. The van der Waals surface area contributed by atoms with Crippen LogP contribution in [0.25, 0.3) is 0 Å². The highest BCUT2D eigenvalue weighted by molar-refractivity contribution is 6.08. The van der Waals surface area contributed by atoms with E-state index >= 15 is 0 Å². The number of hydrogen-bond donors (Lipinski definition) is 0. The first kappa shape index (κ1) is 13.1. The van der Waals surface area contributed by atoms with Gasteiger partial charge in [0.1, 0.15) is 6.54 Å². The number of ether oxygens (including phenoxy) is 3. The smallest absolute Gasteiger partial charge is 0.325 e. The zero-order valence-electron chi connectivity index (χ0n) is 11.3. The molecule has 1 aromatic rings. The minimum absolute atomic E-state index is 0.153. The molecular weight excluding hydrogens is 262 g/mol. The molecule has 2 aliphatic rings. The van der Waals surface area contributed by atoms with E-state index in [1.807, 2.05) is 19.1 Å². The molecule has 0 N–H and O–H groups in total. The van der Waals surface area contributed by atoms with Crippen molar-refractivity contribution in [1.82, 2.24) is 0 Å². The number of benzene rings is 1. The van der Waals surface area contributed by atoms with E-state index < -0.39 is 11.8 Å². The minimum atomic E-state index is -1.39. The topological polar surface area (TPSA) is 65.1 Å². The van der Waals surface area contributed by atoms with E-state index in [1.165, 1.54) is 12.0 Å². The fraction of sp³-hybridized carbons (Fsp3) is 0.429. The molecule has 0 bridgehead atoms. The van der Waals surface area contributed by atoms with E-state index in [9.17, 15) is 9.59 Å². The van der Waals surface area contributed by atoms with Crippen LogP contribution in [0.1, 0.15) is 11.1 Å². The predicted molar refractivity (Wildman–Crippen MR) is 69.1 cm³/mol. The Labute approximate surface area is 116 Å². The van der Waals surface area contributed by atoms with Crippen LogP contribution in [0, 0.1) is 6.92 Å². The van der Waals surface area contributed by atoms with Crippen LogP contribution in [0.4, 0.5) is 5.69 Å². The Morgan fingerprint density at radius 3 is 2.75 bits per heavy atom. The fourth-order valence-corrected chi connectivity index (χ4v) is 2.59. The van der Waals surface area contributed by atoms with Crippen LogP contribution in [-0.2, 0) is 29.6 Å². The predicted octanol–water partition coefficient (Wildman–Crippen LogP) is 0.714. The van der Waals surface area contributed by atoms with Crippen molar-refractivity contribution in [3.8, 4) is 0 Å². The summed E-state index contributed by atoms with van der Waals surface area (Å²) in [5, 5.41) is 0. The second-order valence-corrected chi connectivity index (χ2v) is 4.80. The summed E-state index contributed by atoms with van der Waals surface area (Å²) in [6.07, 6.45) is 0. The van der Waals surface area contributed by atoms with Gasteiger partial charge >= 0.3 is 5.97 Å². The molecule has 0 aromatic heterocycles. The number of carbonyl (C=O) groups is 2. The summed E-state index contributed by atoms with van der Waals surface area (Å²) >= 11 is 0. The molecule has 0 unspecified atom stereocenters. The van der Waals surface area contributed by atoms with Crippen LogP contribution in [0.5, 0.6) is 0 Å². The zero-order valence-corrected chi connectivity index (χ0v) is 11.3. The van der Waals surface area contributed by atoms with Crippen molar-refractivity contribution >= 4 is 17.6 Å². The average Bonchev–Trinajstić information content (AvgIpc) is 3.01. The molecule has 6 nitrogen and oxygen atoms in total. The van der Waals surface area contributed by atoms with Crippen LogP contribution in [0.15, 0.2) is 18.2 Å². The summed E-state index contributed by atoms with van der Waals surface area (Å²) in [5.74, 6) is -2.25. The summed E-state index contributed by atoms with van der Waals surface area (Å²) in [6, 6.07) is 5.53. The first-order valence-corrected chi connectivity index (χ1v) is 6.36. The maximum absolute atomic E-state index is 12.6. The van der Waals surface area contributed by atoms with Gasteiger partial charge in [-0.25, -0.2) is 0 Å². The van der Waals surface area contributed by atoms with E-state index in [0.29, 0.717) is 24.5 Å². The lowest BCUT2D eigenvalue weighted by atomic mass is 10.0. The molecule has 2 heterocycles. The Morgan fingerprint density at radius 1 is 1.40 bits per heavy atom. The molecule has 0 radical (unpaired) electrons. The molecule has 1 saturated heterocycles. The lowest BCUT2D eigenvalue weighted by Crippen LogP contribution is -2.43. The second kappa shape index (κ2) is 4.57. The number of aryl methyl sites for hydroxylation is 1. The highest BCUT2D eigenvalue weighted by Crippen LogP contribution is 2.45. The van der Waals surface area contributed by atoms with E-state index in [4.69, 9.17) is 9.47 Å². The number of anilines is 1. The van der Waals surface area contributed by atoms with Crippen molar-refractivity contribution in [1.29, 1.82) is 0 Å². The van der Waals surface area contributed by atoms with E-state index in [1.54, 1.807) is 6.07 Å². The molecular formula is C14H15NO5. The number of fused-ring (bicyclic) bond motifs is 2. The largest absolute Gasteiger partial charge is 0.468 e. The molecule has 1 fully saturated rings. The molecule has 1 aromatic carbocycles. The molecule has 0 saturated carbocycles. The molecule has 1 amide bonds. The van der Waals surface area contributed by atoms with Crippen LogP contribution in [0.2, 0.25) is 0 Å². The Bertz CT molecular complexity index is 577. The van der Waals surface area contributed by atoms with Crippen LogP contribution >= 0.6 is 0 Å². The first-order chi connectivity index (χ1) is 9.58. The third kappa shape index (κ3) is 1.72. The summed E-state index contributed by atoms with van der Waals surface area (Å²) < 4.78 is 15.8. The van der Waals surface area contributed by atoms with Crippen molar-refractivity contribution in [2.24, 2.45) is 0 Å². The van der Waals surface area contributed by atoms with Gasteiger partial charge in [0, 0.05) is 5.56 Å². The summed E-state index contributed by atoms with van der Waals surface area (Å²) in [7, 11) is 1.29. The van der Waals surface area contributed by atoms with Gasteiger partial charge in [-0.15, -0.1) is 0 Å². The fourth-order valence-electron chi connectivity index (χ4n) is 2.59. The lowest BCUT2D eigenvalue weighted by Gasteiger charge is -2.21. The maximum atomic E-state index is 12.6. The number of hydrogen-bond acceptors (Lipinski definition) is 5. The SMILES string of the molecule is COC(=O)CN1C(=O)C2(OCCO2)c2cc(C)ccc21. The highest BCUT2D eigenvalue weighted by Gasteiger charge is 2.56. The third-order valence-corrected chi connectivity index (χ3v) is 3.53. The number of amides is 1. The molecule has 20 heavy (non-hydrogen) atoms. The maximum Gasteiger partial charge on any atom is 0.325 e. The van der Waals surface area contributed by atoms with Gasteiger partial charge in [-0.2, -0.15) is 0 Å². The van der Waals surface area contributed by atoms with Crippen molar-refractivity contribution in [3.63, 3.8) is 0 Å². The minimum Gasteiger partial charge on any atom is -0.468 e. The monoisotopic (exact) mass is 277 g/mol. The van der Waals surface area contributed by atoms with Gasteiger partial charge in [-0.1, -0.05) is 11.6 Å². The summed E-state index contributed by atoms with van der Waals surface area (Å²) in [5.41, 5.74) is 2.28. The normalized spacial score (nSPS) is 19.5. The van der Waals surface area contributed by atoms with E-state index in [-0.39, 0.29) is 12.5 Å². The Hall–Kier alpha value is -1.92. The molecule has 6 heteroatoms. The van der Waals surface area contributed by atoms with Gasteiger partial charge in [0.2, 0.25) is 0 Å². The molecule has 2 aliphatic heterocycles. The van der Waals surface area contributed by atoms with Crippen molar-refractivity contribution in [3.05, 3.63) is 29.3 Å². The van der Waals surface area contributed by atoms with E-state index in [2.05, 4.69) is 4.74 Å². The van der Waals surface area contributed by atoms with Crippen LogP contribution < -0.4 is 4.90 Å².